The average molecular weight is 440 g/mol. The van der Waals surface area contributed by atoms with E-state index in [1.807, 2.05) is 0 Å². The molecule has 2 saturated carbocycles. The van der Waals surface area contributed by atoms with Gasteiger partial charge < -0.3 is 10.6 Å². The van der Waals surface area contributed by atoms with Gasteiger partial charge >= 0.3 is 0 Å². The lowest BCUT2D eigenvalue weighted by Crippen LogP contribution is -2.43. The van der Waals surface area contributed by atoms with Crippen LogP contribution in [0.15, 0.2) is 29.2 Å². The van der Waals surface area contributed by atoms with Gasteiger partial charge in [-0.2, -0.15) is 0 Å². The standard InChI is InChI=1S/C21H30FN3O4S/c22-17-9-11-19(12-10-17)30(28,29)24-13-15-5-7-16(8-6-15)21(27)23-14-20(26)25-18-3-1-2-4-18/h9-12,15-16,18,24H,1-8,13-14H2,(H,23,27)(H,25,26). The second-order valence-electron chi connectivity index (χ2n) is 8.29. The Kier molecular flexibility index (Phi) is 7.82. The highest BCUT2D eigenvalue weighted by atomic mass is 32.2. The van der Waals surface area contributed by atoms with Crippen LogP contribution in [0.2, 0.25) is 0 Å². The minimum atomic E-state index is -3.67. The zero-order valence-corrected chi connectivity index (χ0v) is 17.8. The summed E-state index contributed by atoms with van der Waals surface area (Å²) in [4.78, 5) is 24.3. The highest BCUT2D eigenvalue weighted by Crippen LogP contribution is 2.29. The van der Waals surface area contributed by atoms with Crippen LogP contribution in [0.25, 0.3) is 0 Å². The largest absolute Gasteiger partial charge is 0.352 e. The lowest BCUT2D eigenvalue weighted by molar-refractivity contribution is -0.129. The Hall–Kier alpha value is -2.00. The summed E-state index contributed by atoms with van der Waals surface area (Å²) in [6, 6.07) is 4.95. The number of benzene rings is 1. The number of carbonyl (C=O) groups is 2. The molecule has 7 nitrogen and oxygen atoms in total. The van der Waals surface area contributed by atoms with Gasteiger partial charge in [-0.15, -0.1) is 0 Å². The molecule has 0 bridgehead atoms. The Labute approximate surface area is 177 Å². The van der Waals surface area contributed by atoms with E-state index in [0.717, 1.165) is 50.7 Å². The summed E-state index contributed by atoms with van der Waals surface area (Å²) in [7, 11) is -3.67. The molecule has 0 aliphatic heterocycles. The van der Waals surface area contributed by atoms with Crippen LogP contribution in [0.4, 0.5) is 4.39 Å². The van der Waals surface area contributed by atoms with Crippen molar-refractivity contribution >= 4 is 21.8 Å². The number of sulfonamides is 1. The molecule has 30 heavy (non-hydrogen) atoms. The van der Waals surface area contributed by atoms with Crippen LogP contribution in [0.3, 0.4) is 0 Å². The van der Waals surface area contributed by atoms with Crippen molar-refractivity contribution in [1.29, 1.82) is 0 Å². The fraction of sp³-hybridized carbons (Fsp3) is 0.619. The van der Waals surface area contributed by atoms with Crippen molar-refractivity contribution in [1.82, 2.24) is 15.4 Å². The maximum absolute atomic E-state index is 13.0. The van der Waals surface area contributed by atoms with Gasteiger partial charge in [0.1, 0.15) is 5.82 Å². The van der Waals surface area contributed by atoms with Crippen molar-refractivity contribution < 1.29 is 22.4 Å². The van der Waals surface area contributed by atoms with Gasteiger partial charge in [0.2, 0.25) is 21.8 Å². The number of halogens is 1. The van der Waals surface area contributed by atoms with E-state index in [2.05, 4.69) is 15.4 Å². The summed E-state index contributed by atoms with van der Waals surface area (Å²) in [6.07, 6.45) is 7.10. The van der Waals surface area contributed by atoms with Crippen molar-refractivity contribution in [2.24, 2.45) is 11.8 Å². The Morgan fingerprint density at radius 2 is 1.60 bits per heavy atom. The van der Waals surface area contributed by atoms with E-state index in [1.54, 1.807) is 0 Å². The molecular formula is C21H30FN3O4S. The van der Waals surface area contributed by atoms with E-state index >= 15 is 0 Å². The molecule has 0 spiro atoms. The van der Waals surface area contributed by atoms with Crippen molar-refractivity contribution in [2.75, 3.05) is 13.1 Å². The zero-order chi connectivity index (χ0) is 21.6. The first-order chi connectivity index (χ1) is 14.3. The van der Waals surface area contributed by atoms with E-state index in [9.17, 15) is 22.4 Å². The molecule has 0 heterocycles. The number of nitrogens with one attached hydrogen (secondary N) is 3. The normalized spacial score (nSPS) is 22.6. The Bertz CT molecular complexity index is 830. The summed E-state index contributed by atoms with van der Waals surface area (Å²) in [5, 5.41) is 5.68. The smallest absolute Gasteiger partial charge is 0.240 e. The molecule has 9 heteroatoms. The van der Waals surface area contributed by atoms with Gasteiger partial charge in [-0.1, -0.05) is 12.8 Å². The summed E-state index contributed by atoms with van der Waals surface area (Å²) in [5.41, 5.74) is 0. The highest BCUT2D eigenvalue weighted by molar-refractivity contribution is 7.89. The third-order valence-corrected chi connectivity index (χ3v) is 7.49. The summed E-state index contributed by atoms with van der Waals surface area (Å²) in [5.74, 6) is -0.730. The number of carbonyl (C=O) groups excluding carboxylic acids is 2. The molecule has 0 radical (unpaired) electrons. The molecule has 0 unspecified atom stereocenters. The molecule has 2 fully saturated rings. The van der Waals surface area contributed by atoms with E-state index in [0.29, 0.717) is 12.8 Å². The van der Waals surface area contributed by atoms with E-state index in [-0.39, 0.29) is 47.7 Å². The number of hydrogen-bond acceptors (Lipinski definition) is 4. The Morgan fingerprint density at radius 3 is 2.23 bits per heavy atom. The molecule has 2 aliphatic carbocycles. The Morgan fingerprint density at radius 1 is 0.967 bits per heavy atom. The van der Waals surface area contributed by atoms with E-state index in [1.165, 1.54) is 12.1 Å². The van der Waals surface area contributed by atoms with Crippen LogP contribution in [0, 0.1) is 17.7 Å². The molecule has 2 amide bonds. The van der Waals surface area contributed by atoms with Crippen molar-refractivity contribution in [3.8, 4) is 0 Å². The lowest BCUT2D eigenvalue weighted by atomic mass is 9.81. The second-order valence-corrected chi connectivity index (χ2v) is 10.1. The van der Waals surface area contributed by atoms with Gasteiger partial charge in [-0.25, -0.2) is 17.5 Å². The number of rotatable bonds is 8. The monoisotopic (exact) mass is 439 g/mol. The quantitative estimate of drug-likeness (QED) is 0.577. The molecule has 0 atom stereocenters. The average Bonchev–Trinajstić information content (AvgIpc) is 3.24. The minimum absolute atomic E-state index is 0.00668. The van der Waals surface area contributed by atoms with Gasteiger partial charge in [-0.05, 0) is 68.7 Å². The molecule has 0 saturated heterocycles. The van der Waals surface area contributed by atoms with E-state index in [4.69, 9.17) is 0 Å². The van der Waals surface area contributed by atoms with Gasteiger partial charge in [0.25, 0.3) is 0 Å². The third kappa shape index (κ3) is 6.50. The van der Waals surface area contributed by atoms with Crippen molar-refractivity contribution in [3.63, 3.8) is 0 Å². The third-order valence-electron chi connectivity index (χ3n) is 6.05. The first-order valence-corrected chi connectivity index (χ1v) is 12.1. The van der Waals surface area contributed by atoms with Crippen LogP contribution in [0.5, 0.6) is 0 Å². The summed E-state index contributed by atoms with van der Waals surface area (Å²) < 4.78 is 40.1. The maximum Gasteiger partial charge on any atom is 0.240 e. The first-order valence-electron chi connectivity index (χ1n) is 10.7. The predicted molar refractivity (Wildman–Crippen MR) is 110 cm³/mol. The highest BCUT2D eigenvalue weighted by Gasteiger charge is 2.28. The first kappa shape index (κ1) is 22.7. The van der Waals surface area contributed by atoms with Crippen LogP contribution in [-0.4, -0.2) is 39.4 Å². The molecule has 166 valence electrons. The zero-order valence-electron chi connectivity index (χ0n) is 17.0. The molecule has 3 N–H and O–H groups in total. The van der Waals surface area contributed by atoms with Crippen LogP contribution in [0.1, 0.15) is 51.4 Å². The van der Waals surface area contributed by atoms with Crippen LogP contribution < -0.4 is 15.4 Å². The second kappa shape index (κ2) is 10.3. The molecule has 0 aromatic heterocycles. The fourth-order valence-electron chi connectivity index (χ4n) is 4.21. The van der Waals surface area contributed by atoms with Gasteiger partial charge in [0, 0.05) is 18.5 Å². The van der Waals surface area contributed by atoms with E-state index < -0.39 is 15.8 Å². The topological polar surface area (TPSA) is 104 Å². The van der Waals surface area contributed by atoms with Crippen LogP contribution >= 0.6 is 0 Å². The number of amides is 2. The Balaban J connectivity index is 1.36. The SMILES string of the molecule is O=C(CNC(=O)C1CCC(CNS(=O)(=O)c2ccc(F)cc2)CC1)NC1CCCC1. The van der Waals surface area contributed by atoms with Crippen molar-refractivity contribution in [3.05, 3.63) is 30.1 Å². The summed E-state index contributed by atoms with van der Waals surface area (Å²) >= 11 is 0. The van der Waals surface area contributed by atoms with Crippen LogP contribution in [-0.2, 0) is 19.6 Å². The lowest BCUT2D eigenvalue weighted by Gasteiger charge is -2.27. The molecule has 1 aromatic carbocycles. The molecular weight excluding hydrogens is 409 g/mol. The van der Waals surface area contributed by atoms with Gasteiger partial charge in [0.15, 0.2) is 0 Å². The molecule has 3 rings (SSSR count). The predicted octanol–water partition coefficient (Wildman–Crippen LogP) is 2.09. The number of hydrogen-bond donors (Lipinski definition) is 3. The van der Waals surface area contributed by atoms with Gasteiger partial charge in [0.05, 0.1) is 11.4 Å². The fourth-order valence-corrected chi connectivity index (χ4v) is 5.33. The molecule has 1 aromatic rings. The minimum Gasteiger partial charge on any atom is -0.352 e. The molecule has 2 aliphatic rings. The van der Waals surface area contributed by atoms with Gasteiger partial charge in [-0.3, -0.25) is 9.59 Å². The van der Waals surface area contributed by atoms with Crippen molar-refractivity contribution in [2.45, 2.75) is 62.3 Å². The maximum atomic E-state index is 13.0. The summed E-state index contributed by atoms with van der Waals surface area (Å²) in [6.45, 7) is 0.296.